The maximum absolute atomic E-state index is 11.8. The highest BCUT2D eigenvalue weighted by atomic mass is 16.5. The van der Waals surface area contributed by atoms with E-state index >= 15 is 0 Å². The van der Waals surface area contributed by atoms with Gasteiger partial charge in [-0.15, -0.1) is 0 Å². The number of para-hydroxylation sites is 1. The molecule has 0 aliphatic heterocycles. The summed E-state index contributed by atoms with van der Waals surface area (Å²) in [6.45, 7) is 5.92. The van der Waals surface area contributed by atoms with E-state index < -0.39 is 0 Å². The van der Waals surface area contributed by atoms with Gasteiger partial charge in [-0.25, -0.2) is 0 Å². The molecule has 1 atom stereocenters. The summed E-state index contributed by atoms with van der Waals surface area (Å²) in [7, 11) is 0. The van der Waals surface area contributed by atoms with Crippen molar-refractivity contribution in [2.75, 3.05) is 19.7 Å². The van der Waals surface area contributed by atoms with Gasteiger partial charge in [0, 0.05) is 25.2 Å². The third-order valence-electron chi connectivity index (χ3n) is 4.05. The van der Waals surface area contributed by atoms with Crippen molar-refractivity contribution in [1.29, 1.82) is 0 Å². The van der Waals surface area contributed by atoms with E-state index in [1.165, 1.54) is 12.8 Å². The molecule has 0 bridgehead atoms. The molecule has 5 nitrogen and oxygen atoms in total. The quantitative estimate of drug-likeness (QED) is 0.614. The molecule has 1 aromatic carbocycles. The van der Waals surface area contributed by atoms with E-state index in [-0.39, 0.29) is 24.5 Å². The third kappa shape index (κ3) is 6.59. The highest BCUT2D eigenvalue weighted by Crippen LogP contribution is 2.27. The molecule has 0 spiro atoms. The van der Waals surface area contributed by atoms with Crippen LogP contribution in [0.15, 0.2) is 24.3 Å². The van der Waals surface area contributed by atoms with Crippen LogP contribution in [0.4, 0.5) is 0 Å². The van der Waals surface area contributed by atoms with Crippen molar-refractivity contribution in [3.8, 4) is 5.75 Å². The molecule has 1 fully saturated rings. The van der Waals surface area contributed by atoms with Crippen LogP contribution in [0.1, 0.15) is 32.3 Å². The largest absolute Gasteiger partial charge is 0.483 e. The zero-order valence-electron chi connectivity index (χ0n) is 14.0. The Kier molecular flexibility index (Phi) is 6.86. The highest BCUT2D eigenvalue weighted by molar-refractivity contribution is 5.77. The van der Waals surface area contributed by atoms with Gasteiger partial charge in [0.05, 0.1) is 6.10 Å². The van der Waals surface area contributed by atoms with E-state index in [1.807, 2.05) is 38.1 Å². The number of hydrogen-bond donors (Lipinski definition) is 3. The molecule has 0 aromatic heterocycles. The highest BCUT2D eigenvalue weighted by Gasteiger charge is 2.21. The topological polar surface area (TPSA) is 70.6 Å². The van der Waals surface area contributed by atoms with Gasteiger partial charge < -0.3 is 20.5 Å². The molecule has 2 rings (SSSR count). The fourth-order valence-electron chi connectivity index (χ4n) is 2.16. The van der Waals surface area contributed by atoms with Gasteiger partial charge in [-0.1, -0.05) is 32.0 Å². The van der Waals surface area contributed by atoms with Crippen LogP contribution in [0.25, 0.3) is 0 Å². The van der Waals surface area contributed by atoms with Crippen molar-refractivity contribution in [1.82, 2.24) is 10.6 Å². The predicted octanol–water partition coefficient (Wildman–Crippen LogP) is 1.70. The lowest BCUT2D eigenvalue weighted by atomic mass is 10.1. The smallest absolute Gasteiger partial charge is 0.257 e. The molecule has 0 heterocycles. The van der Waals surface area contributed by atoms with E-state index in [0.717, 1.165) is 12.1 Å². The molecule has 1 saturated carbocycles. The lowest BCUT2D eigenvalue weighted by Gasteiger charge is -2.16. The van der Waals surface area contributed by atoms with Crippen LogP contribution in [0, 0.1) is 11.8 Å². The Balaban J connectivity index is 1.75. The zero-order valence-corrected chi connectivity index (χ0v) is 14.0. The minimum Gasteiger partial charge on any atom is -0.483 e. The zero-order chi connectivity index (χ0) is 16.7. The number of carbonyl (C=O) groups excluding carboxylic acids is 1. The number of nitrogens with one attached hydrogen (secondary N) is 2. The molecule has 1 amide bonds. The van der Waals surface area contributed by atoms with Crippen LogP contribution < -0.4 is 15.4 Å². The first-order valence-electron chi connectivity index (χ1n) is 8.42. The summed E-state index contributed by atoms with van der Waals surface area (Å²) >= 11 is 0. The number of rotatable bonds is 10. The molecule has 5 heteroatoms. The van der Waals surface area contributed by atoms with Gasteiger partial charge in [0.25, 0.3) is 5.91 Å². The second kappa shape index (κ2) is 8.89. The van der Waals surface area contributed by atoms with E-state index in [1.54, 1.807) is 0 Å². The molecular weight excluding hydrogens is 292 g/mol. The molecule has 3 N–H and O–H groups in total. The second-order valence-electron chi connectivity index (χ2n) is 6.59. The number of aliphatic hydroxyl groups excluding tert-OH is 1. The van der Waals surface area contributed by atoms with E-state index in [2.05, 4.69) is 10.6 Å². The molecule has 1 unspecified atom stereocenters. The Hall–Kier alpha value is -1.59. The lowest BCUT2D eigenvalue weighted by molar-refractivity contribution is -0.123. The lowest BCUT2D eigenvalue weighted by Crippen LogP contribution is -2.31. The van der Waals surface area contributed by atoms with Gasteiger partial charge in [-0.05, 0) is 30.7 Å². The Bertz CT molecular complexity index is 501. The Labute approximate surface area is 138 Å². The molecule has 1 aromatic rings. The van der Waals surface area contributed by atoms with Gasteiger partial charge in [0.2, 0.25) is 0 Å². The first-order chi connectivity index (χ1) is 11.1. The first-order valence-corrected chi connectivity index (χ1v) is 8.42. The van der Waals surface area contributed by atoms with Crippen molar-refractivity contribution in [2.45, 2.75) is 39.3 Å². The number of ether oxygens (including phenoxy) is 1. The summed E-state index contributed by atoms with van der Waals surface area (Å²) in [6.07, 6.45) is 2.08. The van der Waals surface area contributed by atoms with Gasteiger partial charge in [0.1, 0.15) is 5.75 Å². The number of carbonyl (C=O) groups is 1. The summed E-state index contributed by atoms with van der Waals surface area (Å²) < 4.78 is 5.64. The van der Waals surface area contributed by atoms with Crippen molar-refractivity contribution in [2.24, 2.45) is 11.8 Å². The fourth-order valence-corrected chi connectivity index (χ4v) is 2.16. The van der Waals surface area contributed by atoms with Crippen molar-refractivity contribution >= 4 is 5.91 Å². The Morgan fingerprint density at radius 1 is 1.35 bits per heavy atom. The van der Waals surface area contributed by atoms with Crippen molar-refractivity contribution in [3.05, 3.63) is 29.8 Å². The van der Waals surface area contributed by atoms with Crippen LogP contribution in [0.3, 0.4) is 0 Å². The standard InChI is InChI=1S/C18H28N2O3/c1-13(2)16(21)11-19-10-15-5-3-4-6-17(15)23-12-18(22)20-9-14-7-8-14/h3-6,13-14,16,19,21H,7-12H2,1-2H3,(H,20,22). The predicted molar refractivity (Wildman–Crippen MR) is 90.2 cm³/mol. The summed E-state index contributed by atoms with van der Waals surface area (Å²) in [5.41, 5.74) is 0.985. The van der Waals surface area contributed by atoms with Gasteiger partial charge in [-0.2, -0.15) is 0 Å². The van der Waals surface area contributed by atoms with Gasteiger partial charge in [0.15, 0.2) is 6.61 Å². The van der Waals surface area contributed by atoms with Crippen LogP contribution in [-0.2, 0) is 11.3 Å². The maximum atomic E-state index is 11.8. The van der Waals surface area contributed by atoms with Crippen LogP contribution in [0.2, 0.25) is 0 Å². The Morgan fingerprint density at radius 3 is 2.78 bits per heavy atom. The minimum atomic E-state index is -0.365. The van der Waals surface area contributed by atoms with E-state index in [0.29, 0.717) is 24.8 Å². The van der Waals surface area contributed by atoms with Gasteiger partial charge >= 0.3 is 0 Å². The van der Waals surface area contributed by atoms with Gasteiger partial charge in [-0.3, -0.25) is 4.79 Å². The fraction of sp³-hybridized carbons (Fsp3) is 0.611. The molecule has 1 aliphatic rings. The molecule has 0 saturated heterocycles. The Morgan fingerprint density at radius 2 is 2.09 bits per heavy atom. The van der Waals surface area contributed by atoms with Crippen LogP contribution in [-0.4, -0.2) is 36.8 Å². The third-order valence-corrected chi connectivity index (χ3v) is 4.05. The van der Waals surface area contributed by atoms with E-state index in [4.69, 9.17) is 4.74 Å². The van der Waals surface area contributed by atoms with Crippen LogP contribution in [0.5, 0.6) is 5.75 Å². The molecule has 1 aliphatic carbocycles. The second-order valence-corrected chi connectivity index (χ2v) is 6.59. The maximum Gasteiger partial charge on any atom is 0.257 e. The van der Waals surface area contributed by atoms with Crippen LogP contribution >= 0.6 is 0 Å². The molecule has 23 heavy (non-hydrogen) atoms. The summed E-state index contributed by atoms with van der Waals surface area (Å²) in [5.74, 6) is 1.53. The summed E-state index contributed by atoms with van der Waals surface area (Å²) in [4.78, 5) is 11.8. The number of benzene rings is 1. The monoisotopic (exact) mass is 320 g/mol. The summed E-state index contributed by atoms with van der Waals surface area (Å²) in [6, 6.07) is 7.66. The molecule has 128 valence electrons. The molecule has 0 radical (unpaired) electrons. The average molecular weight is 320 g/mol. The summed E-state index contributed by atoms with van der Waals surface area (Å²) in [5, 5.41) is 15.9. The average Bonchev–Trinajstić information content (AvgIpc) is 3.36. The van der Waals surface area contributed by atoms with Crippen molar-refractivity contribution < 1.29 is 14.6 Å². The van der Waals surface area contributed by atoms with Crippen molar-refractivity contribution in [3.63, 3.8) is 0 Å². The number of aliphatic hydroxyl groups is 1. The first kappa shape index (κ1) is 17.8. The normalized spacial score (nSPS) is 15.5. The van der Waals surface area contributed by atoms with E-state index in [9.17, 15) is 9.90 Å². The molecular formula is C18H28N2O3. The SMILES string of the molecule is CC(C)C(O)CNCc1ccccc1OCC(=O)NCC1CC1. The number of amides is 1. The number of hydrogen-bond acceptors (Lipinski definition) is 4. The minimum absolute atomic E-state index is 0.0400.